The number of halogens is 2. The SMILES string of the molecule is COc1ncccc1CNCc1ccc(Cl)c(Br)c1. The standard InChI is InChI=1S/C14H14BrClN2O/c1-19-14-11(3-2-6-18-14)9-17-8-10-4-5-13(16)12(15)7-10/h2-7,17H,8-9H2,1H3. The van der Waals surface area contributed by atoms with Crippen molar-refractivity contribution in [1.29, 1.82) is 0 Å². The topological polar surface area (TPSA) is 34.1 Å². The number of ether oxygens (including phenoxy) is 1. The summed E-state index contributed by atoms with van der Waals surface area (Å²) in [6, 6.07) is 9.79. The molecule has 0 atom stereocenters. The van der Waals surface area contributed by atoms with E-state index in [1.54, 1.807) is 13.3 Å². The predicted molar refractivity (Wildman–Crippen MR) is 80.5 cm³/mol. The third kappa shape index (κ3) is 3.93. The fourth-order valence-corrected chi connectivity index (χ4v) is 2.28. The van der Waals surface area contributed by atoms with Crippen LogP contribution in [0.4, 0.5) is 0 Å². The van der Waals surface area contributed by atoms with Gasteiger partial charge in [0.1, 0.15) is 0 Å². The molecule has 0 aliphatic rings. The summed E-state index contributed by atoms with van der Waals surface area (Å²) in [6.07, 6.45) is 1.72. The Morgan fingerprint density at radius 2 is 2.16 bits per heavy atom. The molecule has 5 heteroatoms. The van der Waals surface area contributed by atoms with Gasteiger partial charge in [0.25, 0.3) is 0 Å². The third-order valence-corrected chi connectivity index (χ3v) is 3.89. The second kappa shape index (κ2) is 6.89. The Bertz CT molecular complexity index is 563. The fraction of sp³-hybridized carbons (Fsp3) is 0.214. The summed E-state index contributed by atoms with van der Waals surface area (Å²) < 4.78 is 6.12. The number of pyridine rings is 1. The molecule has 1 aromatic heterocycles. The summed E-state index contributed by atoms with van der Waals surface area (Å²) in [4.78, 5) is 4.16. The first-order chi connectivity index (χ1) is 9.20. The number of rotatable bonds is 5. The smallest absolute Gasteiger partial charge is 0.217 e. The molecule has 100 valence electrons. The third-order valence-electron chi connectivity index (χ3n) is 2.67. The Morgan fingerprint density at radius 3 is 2.89 bits per heavy atom. The zero-order valence-electron chi connectivity index (χ0n) is 10.5. The number of methoxy groups -OCH3 is 1. The lowest BCUT2D eigenvalue weighted by atomic mass is 10.2. The first kappa shape index (κ1) is 14.3. The number of hydrogen-bond acceptors (Lipinski definition) is 3. The van der Waals surface area contributed by atoms with Gasteiger partial charge in [0.15, 0.2) is 0 Å². The molecular weight excluding hydrogens is 328 g/mol. The molecule has 19 heavy (non-hydrogen) atoms. The molecule has 0 spiro atoms. The normalized spacial score (nSPS) is 10.5. The van der Waals surface area contributed by atoms with Gasteiger partial charge in [-0.15, -0.1) is 0 Å². The molecule has 0 amide bonds. The number of nitrogens with zero attached hydrogens (tertiary/aromatic N) is 1. The summed E-state index contributed by atoms with van der Waals surface area (Å²) >= 11 is 9.37. The Labute approximate surface area is 126 Å². The molecule has 0 radical (unpaired) electrons. The van der Waals surface area contributed by atoms with Crippen LogP contribution >= 0.6 is 27.5 Å². The summed E-state index contributed by atoms with van der Waals surface area (Å²) in [5, 5.41) is 4.08. The van der Waals surface area contributed by atoms with Crippen LogP contribution in [-0.2, 0) is 13.1 Å². The van der Waals surface area contributed by atoms with E-state index in [-0.39, 0.29) is 0 Å². The van der Waals surface area contributed by atoms with Crippen molar-refractivity contribution in [2.24, 2.45) is 0 Å². The van der Waals surface area contributed by atoms with Crippen molar-refractivity contribution >= 4 is 27.5 Å². The van der Waals surface area contributed by atoms with E-state index in [0.717, 1.165) is 21.6 Å². The van der Waals surface area contributed by atoms with Gasteiger partial charge in [-0.05, 0) is 39.7 Å². The molecule has 1 aromatic carbocycles. The summed E-state index contributed by atoms with van der Waals surface area (Å²) in [5.41, 5.74) is 2.21. The first-order valence-corrected chi connectivity index (χ1v) is 7.00. The summed E-state index contributed by atoms with van der Waals surface area (Å²) in [5.74, 6) is 0.660. The highest BCUT2D eigenvalue weighted by atomic mass is 79.9. The highest BCUT2D eigenvalue weighted by molar-refractivity contribution is 9.10. The van der Waals surface area contributed by atoms with E-state index in [2.05, 4.69) is 26.2 Å². The zero-order valence-corrected chi connectivity index (χ0v) is 12.8. The van der Waals surface area contributed by atoms with Crippen molar-refractivity contribution in [3.05, 3.63) is 57.2 Å². The van der Waals surface area contributed by atoms with Crippen molar-refractivity contribution in [2.45, 2.75) is 13.1 Å². The molecule has 1 N–H and O–H groups in total. The molecule has 1 heterocycles. The number of benzene rings is 1. The van der Waals surface area contributed by atoms with E-state index in [1.807, 2.05) is 30.3 Å². The maximum Gasteiger partial charge on any atom is 0.217 e. The molecule has 2 aromatic rings. The first-order valence-electron chi connectivity index (χ1n) is 5.83. The van der Waals surface area contributed by atoms with Gasteiger partial charge in [-0.1, -0.05) is 23.7 Å². The summed E-state index contributed by atoms with van der Waals surface area (Å²) in [6.45, 7) is 1.46. The van der Waals surface area contributed by atoms with Crippen LogP contribution in [0.2, 0.25) is 5.02 Å². The molecular formula is C14H14BrClN2O. The maximum absolute atomic E-state index is 5.96. The molecule has 2 rings (SSSR count). The van der Waals surface area contributed by atoms with Crippen LogP contribution in [0.3, 0.4) is 0 Å². The molecule has 0 saturated heterocycles. The Morgan fingerprint density at radius 1 is 1.32 bits per heavy atom. The van der Waals surface area contributed by atoms with Gasteiger partial charge in [-0.2, -0.15) is 0 Å². The second-order valence-electron chi connectivity index (χ2n) is 4.02. The van der Waals surface area contributed by atoms with E-state index < -0.39 is 0 Å². The van der Waals surface area contributed by atoms with Gasteiger partial charge in [-0.3, -0.25) is 0 Å². The molecule has 0 fully saturated rings. The number of aromatic nitrogens is 1. The van der Waals surface area contributed by atoms with E-state index in [9.17, 15) is 0 Å². The quantitative estimate of drug-likeness (QED) is 0.898. The largest absolute Gasteiger partial charge is 0.481 e. The molecule has 0 unspecified atom stereocenters. The minimum Gasteiger partial charge on any atom is -0.481 e. The van der Waals surface area contributed by atoms with Crippen molar-refractivity contribution in [1.82, 2.24) is 10.3 Å². The fourth-order valence-electron chi connectivity index (χ4n) is 1.73. The van der Waals surface area contributed by atoms with E-state index in [1.165, 1.54) is 5.56 Å². The summed E-state index contributed by atoms with van der Waals surface area (Å²) in [7, 11) is 1.63. The van der Waals surface area contributed by atoms with Crippen molar-refractivity contribution in [3.63, 3.8) is 0 Å². The van der Waals surface area contributed by atoms with Gasteiger partial charge in [-0.25, -0.2) is 4.98 Å². The van der Waals surface area contributed by atoms with E-state index >= 15 is 0 Å². The number of hydrogen-bond donors (Lipinski definition) is 1. The van der Waals surface area contributed by atoms with Crippen LogP contribution in [0.5, 0.6) is 5.88 Å². The van der Waals surface area contributed by atoms with Crippen LogP contribution in [0.1, 0.15) is 11.1 Å². The average molecular weight is 342 g/mol. The van der Waals surface area contributed by atoms with E-state index in [0.29, 0.717) is 12.4 Å². The minimum absolute atomic E-state index is 0.660. The lowest BCUT2D eigenvalue weighted by molar-refractivity contribution is 0.390. The monoisotopic (exact) mass is 340 g/mol. The van der Waals surface area contributed by atoms with Crippen LogP contribution < -0.4 is 10.1 Å². The molecule has 0 aliphatic heterocycles. The van der Waals surface area contributed by atoms with Gasteiger partial charge in [0.05, 0.1) is 12.1 Å². The molecule has 3 nitrogen and oxygen atoms in total. The average Bonchev–Trinajstić information content (AvgIpc) is 2.43. The van der Waals surface area contributed by atoms with Crippen molar-refractivity contribution < 1.29 is 4.74 Å². The van der Waals surface area contributed by atoms with Gasteiger partial charge < -0.3 is 10.1 Å². The van der Waals surface area contributed by atoms with Crippen LogP contribution in [0, 0.1) is 0 Å². The van der Waals surface area contributed by atoms with Crippen molar-refractivity contribution in [3.8, 4) is 5.88 Å². The number of nitrogens with one attached hydrogen (secondary N) is 1. The zero-order chi connectivity index (χ0) is 13.7. The lowest BCUT2D eigenvalue weighted by Crippen LogP contribution is -2.13. The highest BCUT2D eigenvalue weighted by Gasteiger charge is 2.03. The minimum atomic E-state index is 0.660. The molecule has 0 bridgehead atoms. The van der Waals surface area contributed by atoms with Gasteiger partial charge >= 0.3 is 0 Å². The van der Waals surface area contributed by atoms with Crippen molar-refractivity contribution in [2.75, 3.05) is 7.11 Å². The van der Waals surface area contributed by atoms with Crippen LogP contribution in [0.15, 0.2) is 41.0 Å². The maximum atomic E-state index is 5.96. The van der Waals surface area contributed by atoms with Crippen LogP contribution in [-0.4, -0.2) is 12.1 Å². The van der Waals surface area contributed by atoms with Crippen LogP contribution in [0.25, 0.3) is 0 Å². The predicted octanol–water partition coefficient (Wildman–Crippen LogP) is 3.80. The molecule has 0 aliphatic carbocycles. The van der Waals surface area contributed by atoms with Gasteiger partial charge in [0.2, 0.25) is 5.88 Å². The highest BCUT2D eigenvalue weighted by Crippen LogP contribution is 2.23. The molecule has 0 saturated carbocycles. The Hall–Kier alpha value is -1.10. The Balaban J connectivity index is 1.94. The van der Waals surface area contributed by atoms with E-state index in [4.69, 9.17) is 16.3 Å². The van der Waals surface area contributed by atoms with Gasteiger partial charge in [0, 0.05) is 29.3 Å². The second-order valence-corrected chi connectivity index (χ2v) is 5.29. The lowest BCUT2D eigenvalue weighted by Gasteiger charge is -2.09. The Kier molecular flexibility index (Phi) is 5.19.